The molecule has 0 amide bonds. The molecule has 0 heterocycles. The molecular formula is C17H14F2O3. The predicted molar refractivity (Wildman–Crippen MR) is 77.5 cm³/mol. The first-order valence-corrected chi connectivity index (χ1v) is 6.70. The number of aliphatic carboxylic acids is 1. The zero-order valence-electron chi connectivity index (χ0n) is 11.8. The van der Waals surface area contributed by atoms with Crippen molar-refractivity contribution >= 4 is 11.8 Å². The zero-order valence-corrected chi connectivity index (χ0v) is 11.8. The highest BCUT2D eigenvalue weighted by atomic mass is 19.2. The number of carbonyl (C=O) groups excluding carboxylic acids is 1. The molecule has 2 aromatic rings. The summed E-state index contributed by atoms with van der Waals surface area (Å²) in [6, 6.07) is 9.91. The van der Waals surface area contributed by atoms with E-state index in [-0.39, 0.29) is 12.2 Å². The summed E-state index contributed by atoms with van der Waals surface area (Å²) in [7, 11) is 0. The van der Waals surface area contributed by atoms with Gasteiger partial charge in [-0.15, -0.1) is 0 Å². The van der Waals surface area contributed by atoms with Gasteiger partial charge in [-0.25, -0.2) is 8.78 Å². The Labute approximate surface area is 126 Å². The van der Waals surface area contributed by atoms with Crippen LogP contribution in [0.25, 0.3) is 11.1 Å². The number of rotatable bonds is 5. The Balaban J connectivity index is 2.21. The highest BCUT2D eigenvalue weighted by Gasteiger charge is 2.18. The van der Waals surface area contributed by atoms with Gasteiger partial charge >= 0.3 is 5.97 Å². The van der Waals surface area contributed by atoms with E-state index in [1.807, 2.05) is 0 Å². The second-order valence-electron chi connectivity index (χ2n) is 5.07. The van der Waals surface area contributed by atoms with Crippen molar-refractivity contribution in [3.63, 3.8) is 0 Å². The van der Waals surface area contributed by atoms with Crippen LogP contribution in [0.15, 0.2) is 42.5 Å². The Morgan fingerprint density at radius 2 is 1.59 bits per heavy atom. The van der Waals surface area contributed by atoms with Gasteiger partial charge in [0.15, 0.2) is 17.4 Å². The first-order valence-electron chi connectivity index (χ1n) is 6.70. The van der Waals surface area contributed by atoms with Gasteiger partial charge in [0.1, 0.15) is 0 Å². The van der Waals surface area contributed by atoms with Gasteiger partial charge in [-0.05, 0) is 23.3 Å². The van der Waals surface area contributed by atoms with E-state index < -0.39 is 23.5 Å². The smallest absolute Gasteiger partial charge is 0.304 e. The van der Waals surface area contributed by atoms with E-state index in [0.29, 0.717) is 16.7 Å². The average molecular weight is 304 g/mol. The molecule has 0 fully saturated rings. The molecule has 2 aromatic carbocycles. The molecule has 1 N–H and O–H groups in total. The minimum atomic E-state index is -1.03. The molecule has 22 heavy (non-hydrogen) atoms. The molecule has 0 aromatic heterocycles. The topological polar surface area (TPSA) is 54.4 Å². The minimum absolute atomic E-state index is 0.232. The fraction of sp³-hybridized carbons (Fsp3) is 0.176. The zero-order chi connectivity index (χ0) is 16.3. The van der Waals surface area contributed by atoms with Crippen molar-refractivity contribution < 1.29 is 23.5 Å². The Bertz CT molecular complexity index is 708. The van der Waals surface area contributed by atoms with Crippen LogP contribution in [-0.2, 0) is 4.79 Å². The second kappa shape index (κ2) is 6.47. The fourth-order valence-corrected chi connectivity index (χ4v) is 2.14. The minimum Gasteiger partial charge on any atom is -0.481 e. The maximum absolute atomic E-state index is 13.2. The maximum Gasteiger partial charge on any atom is 0.304 e. The summed E-state index contributed by atoms with van der Waals surface area (Å²) < 4.78 is 26.1. The van der Waals surface area contributed by atoms with Gasteiger partial charge in [0.25, 0.3) is 0 Å². The fourth-order valence-electron chi connectivity index (χ4n) is 2.14. The third kappa shape index (κ3) is 3.55. The molecule has 0 radical (unpaired) electrons. The van der Waals surface area contributed by atoms with E-state index in [9.17, 15) is 18.4 Å². The van der Waals surface area contributed by atoms with E-state index in [4.69, 9.17) is 5.11 Å². The van der Waals surface area contributed by atoms with Crippen LogP contribution < -0.4 is 0 Å². The van der Waals surface area contributed by atoms with Gasteiger partial charge in [-0.3, -0.25) is 9.59 Å². The largest absolute Gasteiger partial charge is 0.481 e. The molecule has 3 nitrogen and oxygen atoms in total. The molecule has 2 rings (SSSR count). The molecule has 0 aliphatic rings. The lowest BCUT2D eigenvalue weighted by Crippen LogP contribution is -2.15. The van der Waals surface area contributed by atoms with Crippen molar-refractivity contribution in [2.24, 2.45) is 5.92 Å². The highest BCUT2D eigenvalue weighted by molar-refractivity contribution is 5.99. The van der Waals surface area contributed by atoms with Crippen LogP contribution >= 0.6 is 0 Å². The number of hydrogen-bond acceptors (Lipinski definition) is 2. The van der Waals surface area contributed by atoms with E-state index in [2.05, 4.69) is 0 Å². The van der Waals surface area contributed by atoms with E-state index in [0.717, 1.165) is 12.1 Å². The SMILES string of the molecule is CC(CC(=O)O)C(=O)c1ccc(-c2ccc(F)c(F)c2)cc1. The summed E-state index contributed by atoms with van der Waals surface area (Å²) in [6.45, 7) is 1.56. The number of halogens is 2. The molecule has 0 bridgehead atoms. The average Bonchev–Trinajstić information content (AvgIpc) is 2.49. The molecule has 1 atom stereocenters. The number of carboxylic acid groups (broad SMARTS) is 1. The molecule has 114 valence electrons. The number of carbonyl (C=O) groups is 2. The van der Waals surface area contributed by atoms with Crippen molar-refractivity contribution in [1.82, 2.24) is 0 Å². The van der Waals surface area contributed by atoms with Gasteiger partial charge in [-0.2, -0.15) is 0 Å². The Hall–Kier alpha value is -2.56. The molecule has 0 saturated carbocycles. The van der Waals surface area contributed by atoms with Crippen LogP contribution in [0.2, 0.25) is 0 Å². The van der Waals surface area contributed by atoms with Gasteiger partial charge in [0.05, 0.1) is 6.42 Å². The van der Waals surface area contributed by atoms with Gasteiger partial charge < -0.3 is 5.11 Å². The number of hydrogen-bond donors (Lipinski definition) is 1. The Morgan fingerprint density at radius 1 is 1.00 bits per heavy atom. The summed E-state index contributed by atoms with van der Waals surface area (Å²) in [5.74, 6) is -3.77. The van der Waals surface area contributed by atoms with Crippen molar-refractivity contribution in [1.29, 1.82) is 0 Å². The molecule has 1 unspecified atom stereocenters. The molecule has 0 spiro atoms. The molecule has 0 aliphatic heterocycles. The highest BCUT2D eigenvalue weighted by Crippen LogP contribution is 2.23. The van der Waals surface area contributed by atoms with Crippen molar-refractivity contribution in [3.05, 3.63) is 59.7 Å². The van der Waals surface area contributed by atoms with Crippen LogP contribution in [-0.4, -0.2) is 16.9 Å². The summed E-state index contributed by atoms with van der Waals surface area (Å²) in [5, 5.41) is 8.70. The molecule has 0 saturated heterocycles. The quantitative estimate of drug-likeness (QED) is 0.852. The van der Waals surface area contributed by atoms with Gasteiger partial charge in [-0.1, -0.05) is 37.3 Å². The summed E-state index contributed by atoms with van der Waals surface area (Å²) >= 11 is 0. The normalized spacial score (nSPS) is 12.0. The summed E-state index contributed by atoms with van der Waals surface area (Å²) in [6.07, 6.45) is -0.232. The summed E-state index contributed by atoms with van der Waals surface area (Å²) in [5.41, 5.74) is 1.53. The number of carboxylic acids is 1. The first-order chi connectivity index (χ1) is 10.4. The number of Topliss-reactive ketones (excluding diaryl/α,β-unsaturated/α-hetero) is 1. The Morgan fingerprint density at radius 3 is 2.14 bits per heavy atom. The summed E-state index contributed by atoms with van der Waals surface area (Å²) in [4.78, 5) is 22.7. The number of benzene rings is 2. The van der Waals surface area contributed by atoms with E-state index >= 15 is 0 Å². The van der Waals surface area contributed by atoms with Crippen molar-refractivity contribution in [2.45, 2.75) is 13.3 Å². The number of ketones is 1. The first kappa shape index (κ1) is 15.8. The standard InChI is InChI=1S/C17H14F2O3/c1-10(8-16(20)21)17(22)12-4-2-11(3-5-12)13-6-7-14(18)15(19)9-13/h2-7,9-10H,8H2,1H3,(H,20,21). The third-order valence-corrected chi connectivity index (χ3v) is 3.35. The van der Waals surface area contributed by atoms with Crippen LogP contribution in [0.1, 0.15) is 23.7 Å². The van der Waals surface area contributed by atoms with Crippen molar-refractivity contribution in [2.75, 3.05) is 0 Å². The van der Waals surface area contributed by atoms with E-state index in [1.165, 1.54) is 6.07 Å². The van der Waals surface area contributed by atoms with Crippen LogP contribution in [0.3, 0.4) is 0 Å². The van der Waals surface area contributed by atoms with Crippen molar-refractivity contribution in [3.8, 4) is 11.1 Å². The lowest BCUT2D eigenvalue weighted by molar-refractivity contribution is -0.137. The molecule has 0 aliphatic carbocycles. The predicted octanol–water partition coefficient (Wildman–Crippen LogP) is 3.93. The second-order valence-corrected chi connectivity index (χ2v) is 5.07. The lowest BCUT2D eigenvalue weighted by atomic mass is 9.95. The molecular weight excluding hydrogens is 290 g/mol. The van der Waals surface area contributed by atoms with Crippen LogP contribution in [0.4, 0.5) is 8.78 Å². The monoisotopic (exact) mass is 304 g/mol. The van der Waals surface area contributed by atoms with Crippen LogP contribution in [0, 0.1) is 17.6 Å². The lowest BCUT2D eigenvalue weighted by Gasteiger charge is -2.09. The maximum atomic E-state index is 13.2. The van der Waals surface area contributed by atoms with E-state index in [1.54, 1.807) is 31.2 Å². The van der Waals surface area contributed by atoms with Gasteiger partial charge in [0.2, 0.25) is 0 Å². The Kier molecular flexibility index (Phi) is 4.65. The molecule has 5 heteroatoms. The van der Waals surface area contributed by atoms with Crippen LogP contribution in [0.5, 0.6) is 0 Å². The third-order valence-electron chi connectivity index (χ3n) is 3.35. The van der Waals surface area contributed by atoms with Gasteiger partial charge in [0, 0.05) is 11.5 Å².